The van der Waals surface area contributed by atoms with Crippen LogP contribution in [0.4, 0.5) is 4.79 Å². The quantitative estimate of drug-likeness (QED) is 0.668. The minimum absolute atomic E-state index is 0.0381. The highest BCUT2D eigenvalue weighted by Crippen LogP contribution is 2.16. The van der Waals surface area contributed by atoms with E-state index in [1.165, 1.54) is 12.1 Å². The van der Waals surface area contributed by atoms with Crippen molar-refractivity contribution in [2.45, 2.75) is 63.9 Å². The average molecular weight is 356 g/mol. The van der Waals surface area contributed by atoms with Gasteiger partial charge in [0.05, 0.1) is 10.9 Å². The molecule has 2 unspecified atom stereocenters. The van der Waals surface area contributed by atoms with Gasteiger partial charge >= 0.3 is 6.03 Å². The third kappa shape index (κ3) is 7.31. The van der Waals surface area contributed by atoms with Crippen LogP contribution in [0.2, 0.25) is 0 Å². The fraction of sp³-hybridized carbons (Fsp3) is 0.588. The topological polar surface area (TPSA) is 101 Å². The molecule has 4 N–H and O–H groups in total. The Morgan fingerprint density at radius 1 is 1.12 bits per heavy atom. The van der Waals surface area contributed by atoms with E-state index < -0.39 is 10.0 Å². The Morgan fingerprint density at radius 3 is 2.38 bits per heavy atom. The Hall–Kier alpha value is -1.60. The standard InChI is InChI=1S/C17H29N3O3S/c1-12(2)7-5-8-13(3)19-17(21)20-14(4)15-9-6-10-16(11-15)24(18,22)23/h6,9-14H,5,7-8H2,1-4H3,(H2,18,22,23)(H2,19,20,21). The second-order valence-corrected chi connectivity index (χ2v) is 8.24. The molecule has 0 fully saturated rings. The molecule has 1 rings (SSSR count). The summed E-state index contributed by atoms with van der Waals surface area (Å²) in [5, 5.41) is 10.9. The lowest BCUT2D eigenvalue weighted by Gasteiger charge is -2.19. The van der Waals surface area contributed by atoms with Gasteiger partial charge in [0.1, 0.15) is 0 Å². The Labute approximate surface area is 145 Å². The Kier molecular flexibility index (Phi) is 7.69. The Morgan fingerprint density at radius 2 is 1.79 bits per heavy atom. The zero-order valence-electron chi connectivity index (χ0n) is 14.9. The first-order chi connectivity index (χ1) is 11.1. The molecule has 6 nitrogen and oxygen atoms in total. The van der Waals surface area contributed by atoms with Crippen molar-refractivity contribution in [3.63, 3.8) is 0 Å². The highest BCUT2D eigenvalue weighted by Gasteiger charge is 2.14. The smallest absolute Gasteiger partial charge is 0.315 e. The molecular formula is C17H29N3O3S. The van der Waals surface area contributed by atoms with Crippen LogP contribution >= 0.6 is 0 Å². The van der Waals surface area contributed by atoms with Crippen LogP contribution in [0.5, 0.6) is 0 Å². The number of sulfonamides is 1. The van der Waals surface area contributed by atoms with Crippen LogP contribution in [0.25, 0.3) is 0 Å². The zero-order valence-corrected chi connectivity index (χ0v) is 15.7. The summed E-state index contributed by atoms with van der Waals surface area (Å²) < 4.78 is 22.8. The second-order valence-electron chi connectivity index (χ2n) is 6.68. The van der Waals surface area contributed by atoms with Crippen molar-refractivity contribution >= 4 is 16.1 Å². The molecule has 0 aliphatic rings. The van der Waals surface area contributed by atoms with E-state index in [4.69, 9.17) is 5.14 Å². The molecule has 2 amide bonds. The highest BCUT2D eigenvalue weighted by molar-refractivity contribution is 7.89. The SMILES string of the molecule is CC(C)CCCC(C)NC(=O)NC(C)c1cccc(S(N)(=O)=O)c1. The zero-order chi connectivity index (χ0) is 18.3. The largest absolute Gasteiger partial charge is 0.336 e. The maximum absolute atomic E-state index is 12.1. The number of carbonyl (C=O) groups excluding carboxylic acids is 1. The Balaban J connectivity index is 2.55. The van der Waals surface area contributed by atoms with Crippen molar-refractivity contribution in [1.82, 2.24) is 10.6 Å². The van der Waals surface area contributed by atoms with E-state index in [2.05, 4.69) is 24.5 Å². The number of benzene rings is 1. The number of carbonyl (C=O) groups is 1. The van der Waals surface area contributed by atoms with Crippen LogP contribution in [0, 0.1) is 5.92 Å². The summed E-state index contributed by atoms with van der Waals surface area (Å²) in [5.41, 5.74) is 0.684. The van der Waals surface area contributed by atoms with E-state index in [-0.39, 0.29) is 23.0 Å². The van der Waals surface area contributed by atoms with Gasteiger partial charge in [-0.1, -0.05) is 38.8 Å². The molecule has 0 spiro atoms. The number of nitrogens with two attached hydrogens (primary N) is 1. The number of hydrogen-bond donors (Lipinski definition) is 3. The summed E-state index contributed by atoms with van der Waals surface area (Å²) >= 11 is 0. The van der Waals surface area contributed by atoms with Gasteiger partial charge in [0.15, 0.2) is 0 Å². The number of hydrogen-bond acceptors (Lipinski definition) is 3. The third-order valence-electron chi connectivity index (χ3n) is 3.83. The molecule has 0 aromatic heterocycles. The van der Waals surface area contributed by atoms with Crippen molar-refractivity contribution in [3.05, 3.63) is 29.8 Å². The monoisotopic (exact) mass is 355 g/mol. The molecule has 0 saturated heterocycles. The van der Waals surface area contributed by atoms with Crippen LogP contribution in [0.15, 0.2) is 29.2 Å². The maximum atomic E-state index is 12.1. The molecule has 1 aromatic carbocycles. The van der Waals surface area contributed by atoms with E-state index in [0.717, 1.165) is 19.3 Å². The van der Waals surface area contributed by atoms with Crippen molar-refractivity contribution in [2.24, 2.45) is 11.1 Å². The lowest BCUT2D eigenvalue weighted by molar-refractivity contribution is 0.234. The lowest BCUT2D eigenvalue weighted by atomic mass is 10.0. The Bertz CT molecular complexity index is 644. The molecule has 1 aromatic rings. The lowest BCUT2D eigenvalue weighted by Crippen LogP contribution is -2.41. The molecule has 24 heavy (non-hydrogen) atoms. The second kappa shape index (κ2) is 9.03. The van der Waals surface area contributed by atoms with Crippen LogP contribution in [0.1, 0.15) is 58.6 Å². The molecule has 0 aliphatic heterocycles. The maximum Gasteiger partial charge on any atom is 0.315 e. The number of rotatable bonds is 8. The number of primary sulfonamides is 1. The molecule has 7 heteroatoms. The van der Waals surface area contributed by atoms with Gasteiger partial charge in [0, 0.05) is 6.04 Å². The van der Waals surface area contributed by atoms with Gasteiger partial charge in [-0.2, -0.15) is 0 Å². The molecular weight excluding hydrogens is 326 g/mol. The van der Waals surface area contributed by atoms with Gasteiger partial charge in [-0.05, 0) is 43.9 Å². The summed E-state index contributed by atoms with van der Waals surface area (Å²) in [6.07, 6.45) is 3.15. The summed E-state index contributed by atoms with van der Waals surface area (Å²) in [7, 11) is -3.75. The molecule has 0 bridgehead atoms. The predicted octanol–water partition coefficient (Wildman–Crippen LogP) is 2.91. The summed E-state index contributed by atoms with van der Waals surface area (Å²) in [6.45, 7) is 8.14. The normalized spacial score (nSPS) is 14.2. The third-order valence-corrected chi connectivity index (χ3v) is 4.74. The van der Waals surface area contributed by atoms with Crippen LogP contribution in [-0.4, -0.2) is 20.5 Å². The summed E-state index contributed by atoms with van der Waals surface area (Å²) in [4.78, 5) is 12.1. The van der Waals surface area contributed by atoms with Gasteiger partial charge in [0.2, 0.25) is 10.0 Å². The van der Waals surface area contributed by atoms with E-state index in [9.17, 15) is 13.2 Å². The molecule has 0 saturated carbocycles. The molecule has 136 valence electrons. The van der Waals surface area contributed by atoms with Gasteiger partial charge < -0.3 is 10.6 Å². The van der Waals surface area contributed by atoms with Crippen molar-refractivity contribution < 1.29 is 13.2 Å². The van der Waals surface area contributed by atoms with Crippen LogP contribution in [-0.2, 0) is 10.0 Å². The van der Waals surface area contributed by atoms with E-state index in [0.29, 0.717) is 11.5 Å². The number of amides is 2. The van der Waals surface area contributed by atoms with Gasteiger partial charge in [-0.3, -0.25) is 0 Å². The minimum atomic E-state index is -3.75. The highest BCUT2D eigenvalue weighted by atomic mass is 32.2. The van der Waals surface area contributed by atoms with Crippen LogP contribution in [0.3, 0.4) is 0 Å². The first-order valence-electron chi connectivity index (χ1n) is 8.29. The minimum Gasteiger partial charge on any atom is -0.336 e. The summed E-state index contributed by atoms with van der Waals surface area (Å²) in [6, 6.07) is 5.78. The van der Waals surface area contributed by atoms with Gasteiger partial charge in [0.25, 0.3) is 0 Å². The fourth-order valence-electron chi connectivity index (χ4n) is 2.41. The van der Waals surface area contributed by atoms with E-state index in [1.807, 2.05) is 6.92 Å². The first kappa shape index (κ1) is 20.4. The number of nitrogens with one attached hydrogen (secondary N) is 2. The van der Waals surface area contributed by atoms with Crippen molar-refractivity contribution in [3.8, 4) is 0 Å². The molecule has 0 heterocycles. The van der Waals surface area contributed by atoms with Gasteiger partial charge in [-0.15, -0.1) is 0 Å². The first-order valence-corrected chi connectivity index (χ1v) is 9.84. The molecule has 2 atom stereocenters. The van der Waals surface area contributed by atoms with E-state index >= 15 is 0 Å². The van der Waals surface area contributed by atoms with Crippen molar-refractivity contribution in [1.29, 1.82) is 0 Å². The van der Waals surface area contributed by atoms with Crippen LogP contribution < -0.4 is 15.8 Å². The van der Waals surface area contributed by atoms with Gasteiger partial charge in [-0.25, -0.2) is 18.4 Å². The van der Waals surface area contributed by atoms with Crippen molar-refractivity contribution in [2.75, 3.05) is 0 Å². The average Bonchev–Trinajstić information content (AvgIpc) is 2.45. The molecule has 0 radical (unpaired) electrons. The molecule has 0 aliphatic carbocycles. The van der Waals surface area contributed by atoms with E-state index in [1.54, 1.807) is 19.1 Å². The summed E-state index contributed by atoms with van der Waals surface area (Å²) in [5.74, 6) is 0.664. The predicted molar refractivity (Wildman–Crippen MR) is 96.0 cm³/mol. The fourth-order valence-corrected chi connectivity index (χ4v) is 2.98. The number of urea groups is 1.